The number of nitrogens with zero attached hydrogens (tertiary/aromatic N) is 5. The Morgan fingerprint density at radius 3 is 2.52 bits per heavy atom. The quantitative estimate of drug-likeness (QED) is 0.625. The third-order valence-corrected chi connectivity index (χ3v) is 6.04. The van der Waals surface area contributed by atoms with Gasteiger partial charge in [-0.3, -0.25) is 9.80 Å². The smallest absolute Gasteiger partial charge is 0.137 e. The highest BCUT2D eigenvalue weighted by molar-refractivity contribution is 7.09. The maximum absolute atomic E-state index is 5.64. The largest absolute Gasteiger partial charge is 0.372 e. The summed E-state index contributed by atoms with van der Waals surface area (Å²) in [6.45, 7) is 11.0. The molecule has 3 aromatic heterocycles. The minimum Gasteiger partial charge on any atom is -0.372 e. The van der Waals surface area contributed by atoms with Crippen molar-refractivity contribution in [3.8, 4) is 0 Å². The molecule has 4 heterocycles. The van der Waals surface area contributed by atoms with Crippen molar-refractivity contribution in [2.75, 3.05) is 32.8 Å². The van der Waals surface area contributed by atoms with Gasteiger partial charge in [-0.2, -0.15) is 0 Å². The van der Waals surface area contributed by atoms with Gasteiger partial charge in [0.1, 0.15) is 16.8 Å². The Morgan fingerprint density at radius 1 is 1.07 bits per heavy atom. The molecule has 1 unspecified atom stereocenters. The van der Waals surface area contributed by atoms with E-state index >= 15 is 0 Å². The molecular formula is C20H27N5OS. The van der Waals surface area contributed by atoms with Crippen LogP contribution in [-0.2, 0) is 17.8 Å². The second-order valence-electron chi connectivity index (χ2n) is 7.03. The number of hydrogen-bond acceptors (Lipinski definition) is 6. The van der Waals surface area contributed by atoms with Crippen molar-refractivity contribution in [2.24, 2.45) is 0 Å². The maximum atomic E-state index is 5.64. The van der Waals surface area contributed by atoms with Crippen LogP contribution in [0.4, 0.5) is 0 Å². The van der Waals surface area contributed by atoms with E-state index in [-0.39, 0.29) is 6.10 Å². The summed E-state index contributed by atoms with van der Waals surface area (Å²) >= 11 is 1.71. The van der Waals surface area contributed by atoms with Gasteiger partial charge in [0.2, 0.25) is 0 Å². The Morgan fingerprint density at radius 2 is 1.81 bits per heavy atom. The molecule has 1 atom stereocenters. The van der Waals surface area contributed by atoms with Gasteiger partial charge in [-0.05, 0) is 26.0 Å². The third kappa shape index (κ3) is 4.55. The number of thiazole rings is 1. The van der Waals surface area contributed by atoms with E-state index in [9.17, 15) is 0 Å². The number of aromatic nitrogens is 3. The molecule has 1 aliphatic heterocycles. The van der Waals surface area contributed by atoms with E-state index in [1.807, 2.05) is 19.1 Å². The summed E-state index contributed by atoms with van der Waals surface area (Å²) in [6, 6.07) is 6.12. The molecule has 0 saturated carbocycles. The highest BCUT2D eigenvalue weighted by Gasteiger charge is 2.19. The molecule has 0 radical (unpaired) electrons. The highest BCUT2D eigenvalue weighted by atomic mass is 32.1. The van der Waals surface area contributed by atoms with Crippen molar-refractivity contribution < 1.29 is 4.74 Å². The number of rotatable bonds is 7. The SMILES string of the molecule is CCOC(C)c1nc(CN2CCN(Cc3cn4ccccc4n3)CC2)cs1. The van der Waals surface area contributed by atoms with Crippen molar-refractivity contribution in [1.82, 2.24) is 24.2 Å². The fourth-order valence-electron chi connectivity index (χ4n) is 3.53. The van der Waals surface area contributed by atoms with Crippen LogP contribution in [0, 0.1) is 0 Å². The van der Waals surface area contributed by atoms with Gasteiger partial charge in [0.25, 0.3) is 0 Å². The third-order valence-electron chi connectivity index (χ3n) is 4.98. The fraction of sp³-hybridized carbons (Fsp3) is 0.500. The van der Waals surface area contributed by atoms with Crippen molar-refractivity contribution >= 4 is 17.0 Å². The molecule has 27 heavy (non-hydrogen) atoms. The Balaban J connectivity index is 1.27. The molecular weight excluding hydrogens is 358 g/mol. The molecule has 3 aromatic rings. The van der Waals surface area contributed by atoms with Gasteiger partial charge in [-0.25, -0.2) is 9.97 Å². The lowest BCUT2D eigenvalue weighted by Crippen LogP contribution is -2.45. The van der Waals surface area contributed by atoms with Gasteiger partial charge in [0.15, 0.2) is 0 Å². The van der Waals surface area contributed by atoms with Crippen LogP contribution >= 0.6 is 11.3 Å². The lowest BCUT2D eigenvalue weighted by molar-refractivity contribution is 0.0758. The molecule has 0 aromatic carbocycles. The zero-order valence-corrected chi connectivity index (χ0v) is 16.9. The molecule has 1 fully saturated rings. The van der Waals surface area contributed by atoms with Crippen LogP contribution in [0.1, 0.15) is 36.3 Å². The van der Waals surface area contributed by atoms with Crippen LogP contribution in [0.2, 0.25) is 0 Å². The predicted molar refractivity (Wildman–Crippen MR) is 108 cm³/mol. The molecule has 144 valence electrons. The molecule has 0 bridgehead atoms. The van der Waals surface area contributed by atoms with Crippen LogP contribution < -0.4 is 0 Å². The standard InChI is InChI=1S/C20H27N5OS/c1-3-26-16(2)20-22-18(15-27-20)13-24-10-8-23(9-11-24)12-17-14-25-7-5-4-6-19(25)21-17/h4-7,14-16H,3,8-13H2,1-2H3. The van der Waals surface area contributed by atoms with E-state index in [0.717, 1.165) is 67.9 Å². The topological polar surface area (TPSA) is 45.9 Å². The summed E-state index contributed by atoms with van der Waals surface area (Å²) in [7, 11) is 0. The maximum Gasteiger partial charge on any atom is 0.137 e. The summed E-state index contributed by atoms with van der Waals surface area (Å²) in [5.41, 5.74) is 3.32. The van der Waals surface area contributed by atoms with Crippen molar-refractivity contribution in [1.29, 1.82) is 0 Å². The van der Waals surface area contributed by atoms with Crippen LogP contribution in [0.3, 0.4) is 0 Å². The number of piperazine rings is 1. The van der Waals surface area contributed by atoms with Gasteiger partial charge >= 0.3 is 0 Å². The first kappa shape index (κ1) is 18.6. The molecule has 1 saturated heterocycles. The lowest BCUT2D eigenvalue weighted by atomic mass is 10.3. The average molecular weight is 386 g/mol. The number of ether oxygens (including phenoxy) is 1. The number of hydrogen-bond donors (Lipinski definition) is 0. The Labute approximate surface area is 164 Å². The number of pyridine rings is 1. The van der Waals surface area contributed by atoms with Crippen molar-refractivity contribution in [3.05, 3.63) is 52.4 Å². The Kier molecular flexibility index (Phi) is 5.83. The van der Waals surface area contributed by atoms with Crippen LogP contribution in [0.5, 0.6) is 0 Å². The molecule has 0 N–H and O–H groups in total. The van der Waals surface area contributed by atoms with Gasteiger partial charge in [0.05, 0.1) is 11.4 Å². The van der Waals surface area contributed by atoms with Crippen LogP contribution in [0.25, 0.3) is 5.65 Å². The van der Waals surface area contributed by atoms with E-state index in [2.05, 4.69) is 45.0 Å². The normalized spacial score (nSPS) is 17.6. The first-order chi connectivity index (χ1) is 13.2. The first-order valence-electron chi connectivity index (χ1n) is 9.64. The van der Waals surface area contributed by atoms with Crippen LogP contribution in [0.15, 0.2) is 36.0 Å². The molecule has 0 aliphatic carbocycles. The lowest BCUT2D eigenvalue weighted by Gasteiger charge is -2.33. The van der Waals surface area contributed by atoms with Crippen LogP contribution in [-0.4, -0.2) is 57.0 Å². The molecule has 1 aliphatic rings. The summed E-state index contributed by atoms with van der Waals surface area (Å²) in [6.07, 6.45) is 4.28. The minimum absolute atomic E-state index is 0.0935. The molecule has 0 amide bonds. The second kappa shape index (κ2) is 8.48. The minimum atomic E-state index is 0.0935. The second-order valence-corrected chi connectivity index (χ2v) is 7.91. The molecule has 6 nitrogen and oxygen atoms in total. The summed E-state index contributed by atoms with van der Waals surface area (Å²) in [5.74, 6) is 0. The number of fused-ring (bicyclic) bond motifs is 1. The van der Waals surface area contributed by atoms with Crippen molar-refractivity contribution in [2.45, 2.75) is 33.0 Å². The molecule has 4 rings (SSSR count). The summed E-state index contributed by atoms with van der Waals surface area (Å²) < 4.78 is 7.74. The van der Waals surface area contributed by atoms with E-state index in [0.29, 0.717) is 0 Å². The highest BCUT2D eigenvalue weighted by Crippen LogP contribution is 2.22. The average Bonchev–Trinajstić information content (AvgIpc) is 3.30. The Hall–Kier alpha value is -1.80. The first-order valence-corrected chi connectivity index (χ1v) is 10.5. The summed E-state index contributed by atoms with van der Waals surface area (Å²) in [5, 5.41) is 3.26. The van der Waals surface area contributed by atoms with E-state index in [1.54, 1.807) is 11.3 Å². The summed E-state index contributed by atoms with van der Waals surface area (Å²) in [4.78, 5) is 14.5. The van der Waals surface area contributed by atoms with Crippen molar-refractivity contribution in [3.63, 3.8) is 0 Å². The van der Waals surface area contributed by atoms with Gasteiger partial charge in [0, 0.05) is 63.6 Å². The predicted octanol–water partition coefficient (Wildman–Crippen LogP) is 3.21. The van der Waals surface area contributed by atoms with Gasteiger partial charge in [-0.15, -0.1) is 11.3 Å². The zero-order valence-electron chi connectivity index (χ0n) is 16.0. The van der Waals surface area contributed by atoms with Gasteiger partial charge < -0.3 is 9.14 Å². The van der Waals surface area contributed by atoms with E-state index in [4.69, 9.17) is 14.7 Å². The zero-order chi connectivity index (χ0) is 18.6. The van der Waals surface area contributed by atoms with Gasteiger partial charge in [-0.1, -0.05) is 6.07 Å². The molecule has 0 spiro atoms. The molecule has 7 heteroatoms. The Bertz CT molecular complexity index is 835. The van der Waals surface area contributed by atoms with E-state index in [1.165, 1.54) is 0 Å². The van der Waals surface area contributed by atoms with E-state index < -0.39 is 0 Å². The fourth-order valence-corrected chi connectivity index (χ4v) is 4.34. The monoisotopic (exact) mass is 385 g/mol. The number of imidazole rings is 1.